The summed E-state index contributed by atoms with van der Waals surface area (Å²) in [5, 5.41) is 5.09. The number of aromatic nitrogens is 3. The van der Waals surface area contributed by atoms with Crippen molar-refractivity contribution in [2.45, 2.75) is 39.0 Å². The lowest BCUT2D eigenvalue weighted by molar-refractivity contribution is -0.137. The van der Waals surface area contributed by atoms with Gasteiger partial charge in [-0.05, 0) is 60.5 Å². The predicted octanol–water partition coefficient (Wildman–Crippen LogP) is 6.15. The number of imidazole rings is 1. The second-order valence-electron chi connectivity index (χ2n) is 9.57. The monoisotopic (exact) mass is 619 g/mol. The molecule has 43 heavy (non-hydrogen) atoms. The molecule has 2 amide bonds. The van der Waals surface area contributed by atoms with Gasteiger partial charge in [-0.1, -0.05) is 24.6 Å². The number of Topliss-reactive ketones (excluding diaryl/α,β-unsaturated/α-hetero) is 1. The number of halogens is 6. The van der Waals surface area contributed by atoms with Crippen molar-refractivity contribution in [3.63, 3.8) is 0 Å². The molecule has 0 fully saturated rings. The van der Waals surface area contributed by atoms with Gasteiger partial charge in [0, 0.05) is 35.4 Å². The van der Waals surface area contributed by atoms with Crippen molar-refractivity contribution in [3.8, 4) is 0 Å². The molecule has 0 saturated heterocycles. The van der Waals surface area contributed by atoms with Crippen molar-refractivity contribution >= 4 is 35.0 Å². The van der Waals surface area contributed by atoms with E-state index in [1.807, 2.05) is 0 Å². The maximum absolute atomic E-state index is 14.2. The summed E-state index contributed by atoms with van der Waals surface area (Å²) in [6, 6.07) is 8.19. The number of pyridine rings is 1. The molecule has 0 aliphatic heterocycles. The van der Waals surface area contributed by atoms with E-state index in [1.165, 1.54) is 23.8 Å². The predicted molar refractivity (Wildman–Crippen MR) is 147 cm³/mol. The van der Waals surface area contributed by atoms with E-state index >= 15 is 0 Å². The molecule has 2 heterocycles. The fraction of sp³-hybridized carbons (Fsp3) is 0.207. The highest BCUT2D eigenvalue weighted by Crippen LogP contribution is 2.36. The summed E-state index contributed by atoms with van der Waals surface area (Å²) in [4.78, 5) is 47.0. The first kappa shape index (κ1) is 31.3. The number of carbonyl (C=O) groups is 3. The Hall–Kier alpha value is -4.65. The average Bonchev–Trinajstić information content (AvgIpc) is 3.29. The van der Waals surface area contributed by atoms with Gasteiger partial charge in [-0.3, -0.25) is 19.4 Å². The second-order valence-corrected chi connectivity index (χ2v) is 9.98. The van der Waals surface area contributed by atoms with Gasteiger partial charge >= 0.3 is 6.18 Å². The zero-order valence-corrected chi connectivity index (χ0v) is 23.4. The maximum Gasteiger partial charge on any atom is 0.416 e. The number of nitrogens with zero attached hydrogens (tertiary/aromatic N) is 3. The van der Waals surface area contributed by atoms with Crippen LogP contribution < -0.4 is 10.6 Å². The van der Waals surface area contributed by atoms with Gasteiger partial charge in [-0.2, -0.15) is 13.2 Å². The van der Waals surface area contributed by atoms with Crippen molar-refractivity contribution in [2.75, 3.05) is 5.32 Å². The summed E-state index contributed by atoms with van der Waals surface area (Å²) < 4.78 is 69.4. The summed E-state index contributed by atoms with van der Waals surface area (Å²) in [6.45, 7) is 2.39. The first-order chi connectivity index (χ1) is 20.2. The Kier molecular flexibility index (Phi) is 9.24. The maximum atomic E-state index is 14.2. The van der Waals surface area contributed by atoms with Crippen LogP contribution in [-0.2, 0) is 24.1 Å². The van der Waals surface area contributed by atoms with Crippen molar-refractivity contribution < 1.29 is 36.3 Å². The lowest BCUT2D eigenvalue weighted by Gasteiger charge is -2.19. The highest BCUT2D eigenvalue weighted by atomic mass is 35.5. The van der Waals surface area contributed by atoms with Gasteiger partial charge in [0.15, 0.2) is 5.82 Å². The number of alkyl halides is 3. The molecule has 2 N–H and O–H groups in total. The lowest BCUT2D eigenvalue weighted by Crippen LogP contribution is -2.28. The number of rotatable bonds is 9. The average molecular weight is 620 g/mol. The van der Waals surface area contributed by atoms with Crippen LogP contribution >= 0.6 is 11.6 Å². The van der Waals surface area contributed by atoms with Gasteiger partial charge in [0.1, 0.15) is 17.4 Å². The highest BCUT2D eigenvalue weighted by molar-refractivity contribution is 6.31. The zero-order valence-electron chi connectivity index (χ0n) is 22.6. The highest BCUT2D eigenvalue weighted by Gasteiger charge is 2.33. The number of benzene rings is 2. The quantitative estimate of drug-likeness (QED) is 0.219. The molecule has 14 heteroatoms. The minimum absolute atomic E-state index is 0.0193. The number of nitrogens with one attached hydrogen (secondary N) is 2. The molecule has 0 radical (unpaired) electrons. The molecule has 0 unspecified atom stereocenters. The molecule has 0 saturated carbocycles. The fourth-order valence-corrected chi connectivity index (χ4v) is 4.66. The molecule has 2 aromatic heterocycles. The Morgan fingerprint density at radius 2 is 1.77 bits per heavy atom. The van der Waals surface area contributed by atoms with E-state index in [0.29, 0.717) is 17.7 Å². The molecule has 4 aromatic rings. The van der Waals surface area contributed by atoms with Crippen LogP contribution in [0.15, 0.2) is 60.9 Å². The summed E-state index contributed by atoms with van der Waals surface area (Å²) in [6.07, 6.45) is -1.88. The summed E-state index contributed by atoms with van der Waals surface area (Å²) in [5.41, 5.74) is -1.21. The Morgan fingerprint density at radius 1 is 1.02 bits per heavy atom. The lowest BCUT2D eigenvalue weighted by atomic mass is 9.96. The summed E-state index contributed by atoms with van der Waals surface area (Å²) in [5.74, 6) is -5.91. The van der Waals surface area contributed by atoms with E-state index < -0.39 is 59.0 Å². The molecular formula is C29H23ClF5N5O3. The van der Waals surface area contributed by atoms with Gasteiger partial charge < -0.3 is 15.2 Å². The minimum atomic E-state index is -4.94. The third kappa shape index (κ3) is 7.41. The number of ketones is 1. The van der Waals surface area contributed by atoms with Crippen LogP contribution in [-0.4, -0.2) is 32.1 Å². The number of anilines is 1. The first-order valence-corrected chi connectivity index (χ1v) is 13.0. The van der Waals surface area contributed by atoms with Gasteiger partial charge in [0.2, 0.25) is 5.82 Å². The molecule has 4 rings (SSSR count). The van der Waals surface area contributed by atoms with Gasteiger partial charge in [-0.15, -0.1) is 0 Å². The molecule has 0 aliphatic rings. The van der Waals surface area contributed by atoms with Crippen LogP contribution in [0.1, 0.15) is 63.1 Å². The first-order valence-electron chi connectivity index (χ1n) is 12.7. The molecule has 0 bridgehead atoms. The van der Waals surface area contributed by atoms with Crippen molar-refractivity contribution in [3.05, 3.63) is 111 Å². The number of hydrogen-bond donors (Lipinski definition) is 2. The third-order valence-electron chi connectivity index (χ3n) is 6.32. The van der Waals surface area contributed by atoms with Crippen LogP contribution in [0.3, 0.4) is 0 Å². The number of amides is 2. The van der Waals surface area contributed by atoms with Crippen LogP contribution in [0.5, 0.6) is 0 Å². The largest absolute Gasteiger partial charge is 0.416 e. The van der Waals surface area contributed by atoms with Gasteiger partial charge in [0.05, 0.1) is 17.8 Å². The van der Waals surface area contributed by atoms with E-state index in [1.54, 1.807) is 25.3 Å². The van der Waals surface area contributed by atoms with E-state index in [9.17, 15) is 36.3 Å². The minimum Gasteiger partial charge on any atom is -0.345 e. The Bertz CT molecular complexity index is 1690. The van der Waals surface area contributed by atoms with Crippen molar-refractivity contribution in [2.24, 2.45) is 0 Å². The number of hydrogen-bond acceptors (Lipinski definition) is 5. The van der Waals surface area contributed by atoms with Crippen molar-refractivity contribution in [1.82, 2.24) is 19.9 Å². The normalized spacial score (nSPS) is 12.1. The third-order valence-corrected chi connectivity index (χ3v) is 6.66. The Balaban J connectivity index is 1.83. The standard InChI is InChI=1S/C29H23ClF5N5O3/c1-15(41)14-40-24(16(2)22-11-20(31)5-6-23(22)30)25(38-26(40)28(43)37-13-17-4-3-7-36-12-17)39-27(42)18-8-19(29(33,34)35)10-21(32)9-18/h3-12,16H,13-14H2,1-2H3,(H,37,43)(H,39,42)/t16-/m0/s1. The summed E-state index contributed by atoms with van der Waals surface area (Å²) in [7, 11) is 0. The van der Waals surface area contributed by atoms with E-state index in [2.05, 4.69) is 20.6 Å². The second kappa shape index (κ2) is 12.7. The van der Waals surface area contributed by atoms with E-state index in [4.69, 9.17) is 11.6 Å². The van der Waals surface area contributed by atoms with Gasteiger partial charge in [0.25, 0.3) is 11.8 Å². The molecule has 0 aliphatic carbocycles. The van der Waals surface area contributed by atoms with E-state index in [0.717, 1.165) is 12.1 Å². The van der Waals surface area contributed by atoms with Crippen LogP contribution in [0, 0.1) is 11.6 Å². The molecule has 0 spiro atoms. The molecule has 1 atom stereocenters. The fourth-order valence-electron chi connectivity index (χ4n) is 4.37. The Labute approximate surface area is 246 Å². The van der Waals surface area contributed by atoms with Gasteiger partial charge in [-0.25, -0.2) is 13.8 Å². The topological polar surface area (TPSA) is 106 Å². The summed E-state index contributed by atoms with van der Waals surface area (Å²) >= 11 is 6.33. The Morgan fingerprint density at radius 3 is 2.42 bits per heavy atom. The smallest absolute Gasteiger partial charge is 0.345 e. The van der Waals surface area contributed by atoms with Crippen molar-refractivity contribution in [1.29, 1.82) is 0 Å². The molecular weight excluding hydrogens is 597 g/mol. The number of carbonyl (C=O) groups excluding carboxylic acids is 3. The van der Waals surface area contributed by atoms with Crippen LogP contribution in [0.2, 0.25) is 5.02 Å². The van der Waals surface area contributed by atoms with Crippen LogP contribution in [0.25, 0.3) is 0 Å². The zero-order chi connectivity index (χ0) is 31.5. The SMILES string of the molecule is CC(=O)Cn1c(C(=O)NCc2cccnc2)nc(NC(=O)c2cc(F)cc(C(F)(F)F)c2)c1[C@@H](C)c1cc(F)ccc1Cl. The van der Waals surface area contributed by atoms with Crippen LogP contribution in [0.4, 0.5) is 27.8 Å². The molecule has 8 nitrogen and oxygen atoms in total. The van der Waals surface area contributed by atoms with E-state index in [-0.39, 0.29) is 40.5 Å². The molecule has 224 valence electrons. The molecule has 2 aromatic carbocycles.